The van der Waals surface area contributed by atoms with Crippen molar-refractivity contribution in [1.82, 2.24) is 0 Å². The standard InChI is InChI=1S/C8H8NO2/c9-6-11-8(10)7-4-2-1-3-5-7/h1-6H,9H2. The molecular weight excluding hydrogens is 142 g/mol. The Labute approximate surface area is 64.8 Å². The molecule has 0 amide bonds. The van der Waals surface area contributed by atoms with Gasteiger partial charge in [0.05, 0.1) is 5.56 Å². The topological polar surface area (TPSA) is 52.3 Å². The van der Waals surface area contributed by atoms with E-state index >= 15 is 0 Å². The van der Waals surface area contributed by atoms with Gasteiger partial charge in [0.1, 0.15) is 0 Å². The van der Waals surface area contributed by atoms with Crippen molar-refractivity contribution in [2.45, 2.75) is 0 Å². The number of nitrogens with two attached hydrogens (primary N) is 1. The molecule has 1 aromatic carbocycles. The lowest BCUT2D eigenvalue weighted by Gasteiger charge is -1.98. The highest BCUT2D eigenvalue weighted by atomic mass is 16.5. The number of carbonyl (C=O) groups is 1. The maximum atomic E-state index is 10.9. The van der Waals surface area contributed by atoms with Gasteiger partial charge < -0.3 is 4.74 Å². The smallest absolute Gasteiger partial charge is 0.339 e. The molecule has 0 aromatic heterocycles. The average Bonchev–Trinajstić information content (AvgIpc) is 2.07. The van der Waals surface area contributed by atoms with Gasteiger partial charge in [-0.1, -0.05) is 18.2 Å². The van der Waals surface area contributed by atoms with Crippen LogP contribution < -0.4 is 5.73 Å². The van der Waals surface area contributed by atoms with Gasteiger partial charge >= 0.3 is 5.97 Å². The molecule has 0 atom stereocenters. The maximum Gasteiger partial charge on any atom is 0.339 e. The van der Waals surface area contributed by atoms with Crippen LogP contribution in [-0.4, -0.2) is 5.97 Å². The highest BCUT2D eigenvalue weighted by Gasteiger charge is 2.03. The van der Waals surface area contributed by atoms with Crippen LogP contribution in [0.4, 0.5) is 0 Å². The molecule has 1 rings (SSSR count). The fraction of sp³-hybridized carbons (Fsp3) is 0. The van der Waals surface area contributed by atoms with E-state index < -0.39 is 5.97 Å². The van der Waals surface area contributed by atoms with Crippen LogP contribution in [-0.2, 0) is 4.74 Å². The van der Waals surface area contributed by atoms with E-state index in [1.807, 2.05) is 6.07 Å². The van der Waals surface area contributed by atoms with Gasteiger partial charge in [-0.2, -0.15) is 0 Å². The quantitative estimate of drug-likeness (QED) is 0.638. The van der Waals surface area contributed by atoms with Crippen LogP contribution in [0.3, 0.4) is 0 Å². The van der Waals surface area contributed by atoms with Crippen LogP contribution in [0.2, 0.25) is 0 Å². The summed E-state index contributed by atoms with van der Waals surface area (Å²) in [6, 6.07) is 8.65. The van der Waals surface area contributed by atoms with E-state index in [9.17, 15) is 4.79 Å². The van der Waals surface area contributed by atoms with Crippen molar-refractivity contribution in [1.29, 1.82) is 0 Å². The summed E-state index contributed by atoms with van der Waals surface area (Å²) >= 11 is 0. The van der Waals surface area contributed by atoms with Crippen molar-refractivity contribution in [2.75, 3.05) is 0 Å². The van der Waals surface area contributed by atoms with Gasteiger partial charge in [0, 0.05) is 0 Å². The maximum absolute atomic E-state index is 10.9. The molecule has 0 spiro atoms. The van der Waals surface area contributed by atoms with Gasteiger partial charge in [0.15, 0.2) is 0 Å². The van der Waals surface area contributed by atoms with E-state index in [1.165, 1.54) is 0 Å². The number of hydrogen-bond acceptors (Lipinski definition) is 3. The second-order valence-corrected chi connectivity index (χ2v) is 1.91. The molecule has 0 aliphatic heterocycles. The highest BCUT2D eigenvalue weighted by molar-refractivity contribution is 5.89. The number of hydrogen-bond donors (Lipinski definition) is 1. The second kappa shape index (κ2) is 3.73. The first-order valence-corrected chi connectivity index (χ1v) is 3.14. The monoisotopic (exact) mass is 150 g/mol. The van der Waals surface area contributed by atoms with E-state index in [0.717, 1.165) is 6.73 Å². The Hall–Kier alpha value is -1.35. The third kappa shape index (κ3) is 2.05. The molecule has 3 heteroatoms. The number of esters is 1. The normalized spacial score (nSPS) is 9.18. The molecular formula is C8H8NO2. The minimum absolute atomic E-state index is 0.437. The lowest BCUT2D eigenvalue weighted by Crippen LogP contribution is -2.06. The Morgan fingerprint density at radius 3 is 2.55 bits per heavy atom. The molecule has 0 heterocycles. The van der Waals surface area contributed by atoms with Crippen molar-refractivity contribution in [3.8, 4) is 0 Å². The fourth-order valence-electron chi connectivity index (χ4n) is 0.704. The van der Waals surface area contributed by atoms with Crippen LogP contribution >= 0.6 is 0 Å². The Kier molecular flexibility index (Phi) is 2.63. The molecule has 0 saturated heterocycles. The summed E-state index contributed by atoms with van der Waals surface area (Å²) in [4.78, 5) is 10.9. The van der Waals surface area contributed by atoms with E-state index in [2.05, 4.69) is 4.74 Å². The summed E-state index contributed by atoms with van der Waals surface area (Å²) < 4.78 is 4.44. The first kappa shape index (κ1) is 7.75. The number of rotatable bonds is 2. The predicted molar refractivity (Wildman–Crippen MR) is 40.3 cm³/mol. The molecule has 11 heavy (non-hydrogen) atoms. The number of ether oxygens (including phenoxy) is 1. The van der Waals surface area contributed by atoms with E-state index in [-0.39, 0.29) is 0 Å². The zero-order valence-electron chi connectivity index (χ0n) is 5.86. The van der Waals surface area contributed by atoms with Crippen LogP contribution in [0.5, 0.6) is 0 Å². The molecule has 0 aliphatic carbocycles. The predicted octanol–water partition coefficient (Wildman–Crippen LogP) is 0.921. The Bertz CT molecular complexity index is 233. The fourth-order valence-corrected chi connectivity index (χ4v) is 0.704. The third-order valence-corrected chi connectivity index (χ3v) is 1.18. The third-order valence-electron chi connectivity index (χ3n) is 1.18. The minimum atomic E-state index is -0.437. The van der Waals surface area contributed by atoms with Gasteiger partial charge in [0.2, 0.25) is 6.73 Å². The first-order valence-electron chi connectivity index (χ1n) is 3.14. The van der Waals surface area contributed by atoms with Gasteiger partial charge in [-0.25, -0.2) is 4.79 Å². The average molecular weight is 150 g/mol. The molecule has 0 unspecified atom stereocenters. The summed E-state index contributed by atoms with van der Waals surface area (Å²) in [7, 11) is 0. The van der Waals surface area contributed by atoms with Gasteiger partial charge in [-0.05, 0) is 12.1 Å². The van der Waals surface area contributed by atoms with Crippen molar-refractivity contribution in [3.63, 3.8) is 0 Å². The molecule has 0 fully saturated rings. The van der Waals surface area contributed by atoms with E-state index in [4.69, 9.17) is 5.73 Å². The number of carbonyl (C=O) groups excluding carboxylic acids is 1. The molecule has 0 aliphatic rings. The molecule has 1 radical (unpaired) electrons. The largest absolute Gasteiger partial charge is 0.438 e. The van der Waals surface area contributed by atoms with Crippen molar-refractivity contribution in [3.05, 3.63) is 42.6 Å². The molecule has 0 saturated carbocycles. The van der Waals surface area contributed by atoms with Gasteiger partial charge in [-0.15, -0.1) is 0 Å². The summed E-state index contributed by atoms with van der Waals surface area (Å²) in [6.07, 6.45) is 0. The van der Waals surface area contributed by atoms with Crippen molar-refractivity contribution < 1.29 is 9.53 Å². The molecule has 57 valence electrons. The molecule has 1 aromatic rings. The van der Waals surface area contributed by atoms with Crippen molar-refractivity contribution >= 4 is 5.97 Å². The molecule has 0 bridgehead atoms. The summed E-state index contributed by atoms with van der Waals surface area (Å²) in [5, 5.41) is 0. The highest BCUT2D eigenvalue weighted by Crippen LogP contribution is 2.00. The van der Waals surface area contributed by atoms with Crippen molar-refractivity contribution in [2.24, 2.45) is 5.73 Å². The zero-order valence-corrected chi connectivity index (χ0v) is 5.86. The summed E-state index contributed by atoms with van der Waals surface area (Å²) in [5.41, 5.74) is 5.39. The summed E-state index contributed by atoms with van der Waals surface area (Å²) in [6.45, 7) is 0.870. The first-order chi connectivity index (χ1) is 5.34. The lowest BCUT2D eigenvalue weighted by molar-refractivity contribution is 0.0607. The van der Waals surface area contributed by atoms with Crippen LogP contribution in [0.25, 0.3) is 0 Å². The minimum Gasteiger partial charge on any atom is -0.438 e. The van der Waals surface area contributed by atoms with Gasteiger partial charge in [0.25, 0.3) is 0 Å². The van der Waals surface area contributed by atoms with Gasteiger partial charge in [-0.3, -0.25) is 5.73 Å². The van der Waals surface area contributed by atoms with Crippen LogP contribution in [0.15, 0.2) is 30.3 Å². The molecule has 2 N–H and O–H groups in total. The Morgan fingerprint density at radius 1 is 1.36 bits per heavy atom. The van der Waals surface area contributed by atoms with E-state index in [1.54, 1.807) is 24.3 Å². The Balaban J connectivity index is 2.69. The second-order valence-electron chi connectivity index (χ2n) is 1.91. The van der Waals surface area contributed by atoms with Crippen LogP contribution in [0, 0.1) is 6.73 Å². The zero-order chi connectivity index (χ0) is 8.10. The lowest BCUT2D eigenvalue weighted by atomic mass is 10.2. The SMILES string of the molecule is N[CH]OC(=O)c1ccccc1. The van der Waals surface area contributed by atoms with E-state index in [0.29, 0.717) is 5.56 Å². The Morgan fingerprint density at radius 2 is 2.00 bits per heavy atom. The molecule has 3 nitrogen and oxygen atoms in total. The number of benzene rings is 1. The summed E-state index contributed by atoms with van der Waals surface area (Å²) in [5.74, 6) is -0.437. The van der Waals surface area contributed by atoms with Crippen LogP contribution in [0.1, 0.15) is 10.4 Å².